The lowest BCUT2D eigenvalue weighted by atomic mass is 10.1. The van der Waals surface area contributed by atoms with Gasteiger partial charge in [0.2, 0.25) is 9.84 Å². The van der Waals surface area contributed by atoms with Crippen LogP contribution in [0.1, 0.15) is 33.2 Å². The van der Waals surface area contributed by atoms with Crippen molar-refractivity contribution in [2.75, 3.05) is 18.5 Å². The zero-order valence-electron chi connectivity index (χ0n) is 17.3. The SMILES string of the molecule is CCN1C(=O)c2ccccc2S(=O)(=O)c2ccc(C(=O)N(C)Cc3ccccc3)cc21. The molecule has 0 saturated carbocycles. The van der Waals surface area contributed by atoms with Crippen LogP contribution < -0.4 is 4.90 Å². The second kappa shape index (κ2) is 8.00. The van der Waals surface area contributed by atoms with Crippen LogP contribution in [0.15, 0.2) is 82.6 Å². The summed E-state index contributed by atoms with van der Waals surface area (Å²) in [6.45, 7) is 2.46. The lowest BCUT2D eigenvalue weighted by Crippen LogP contribution is -2.31. The number of amides is 2. The van der Waals surface area contributed by atoms with Gasteiger partial charge in [-0.15, -0.1) is 0 Å². The summed E-state index contributed by atoms with van der Waals surface area (Å²) in [5.41, 5.74) is 1.67. The largest absolute Gasteiger partial charge is 0.337 e. The fourth-order valence-corrected chi connectivity index (χ4v) is 5.43. The number of hydrogen-bond acceptors (Lipinski definition) is 4. The van der Waals surface area contributed by atoms with E-state index in [9.17, 15) is 18.0 Å². The molecule has 7 heteroatoms. The maximum Gasteiger partial charge on any atom is 0.259 e. The summed E-state index contributed by atoms with van der Waals surface area (Å²) in [6.07, 6.45) is 0. The highest BCUT2D eigenvalue weighted by Gasteiger charge is 2.35. The van der Waals surface area contributed by atoms with Crippen LogP contribution in [0.5, 0.6) is 0 Å². The predicted molar refractivity (Wildman–Crippen MR) is 118 cm³/mol. The van der Waals surface area contributed by atoms with E-state index in [1.807, 2.05) is 30.3 Å². The summed E-state index contributed by atoms with van der Waals surface area (Å²) >= 11 is 0. The molecule has 0 bridgehead atoms. The van der Waals surface area contributed by atoms with Crippen molar-refractivity contribution in [1.82, 2.24) is 4.90 Å². The number of anilines is 1. The Morgan fingerprint density at radius 1 is 0.935 bits per heavy atom. The Morgan fingerprint density at radius 3 is 2.32 bits per heavy atom. The second-order valence-electron chi connectivity index (χ2n) is 7.38. The minimum Gasteiger partial charge on any atom is -0.337 e. The number of nitrogens with zero attached hydrogens (tertiary/aromatic N) is 2. The molecule has 0 aromatic heterocycles. The molecule has 0 atom stereocenters. The van der Waals surface area contributed by atoms with Crippen molar-refractivity contribution in [3.63, 3.8) is 0 Å². The lowest BCUT2D eigenvalue weighted by Gasteiger charge is -2.23. The maximum absolute atomic E-state index is 13.3. The summed E-state index contributed by atoms with van der Waals surface area (Å²) in [5.74, 6) is -0.656. The highest BCUT2D eigenvalue weighted by Crippen LogP contribution is 2.37. The molecule has 1 aliphatic rings. The van der Waals surface area contributed by atoms with Crippen molar-refractivity contribution in [3.05, 3.63) is 89.5 Å². The van der Waals surface area contributed by atoms with Crippen LogP contribution in [-0.4, -0.2) is 38.7 Å². The number of fused-ring (bicyclic) bond motifs is 2. The van der Waals surface area contributed by atoms with Gasteiger partial charge < -0.3 is 9.80 Å². The zero-order valence-corrected chi connectivity index (χ0v) is 18.1. The lowest BCUT2D eigenvalue weighted by molar-refractivity contribution is 0.0784. The molecule has 3 aromatic rings. The van der Waals surface area contributed by atoms with E-state index >= 15 is 0 Å². The monoisotopic (exact) mass is 434 g/mol. The Balaban J connectivity index is 1.78. The van der Waals surface area contributed by atoms with Gasteiger partial charge in [-0.25, -0.2) is 8.42 Å². The number of hydrogen-bond donors (Lipinski definition) is 0. The van der Waals surface area contributed by atoms with Crippen LogP contribution >= 0.6 is 0 Å². The highest BCUT2D eigenvalue weighted by molar-refractivity contribution is 7.91. The van der Waals surface area contributed by atoms with Gasteiger partial charge in [-0.2, -0.15) is 0 Å². The van der Waals surface area contributed by atoms with Crippen molar-refractivity contribution in [2.45, 2.75) is 23.3 Å². The molecular formula is C24H22N2O4S. The molecule has 158 valence electrons. The molecule has 1 aliphatic heterocycles. The standard InChI is InChI=1S/C24H22N2O4S/c1-3-26-20-15-18(23(27)25(2)16-17-9-5-4-6-10-17)13-14-22(20)31(29,30)21-12-8-7-11-19(21)24(26)28/h4-15H,3,16H2,1-2H3. The van der Waals surface area contributed by atoms with Gasteiger partial charge >= 0.3 is 0 Å². The molecule has 31 heavy (non-hydrogen) atoms. The molecule has 0 N–H and O–H groups in total. The Kier molecular flexibility index (Phi) is 5.37. The van der Waals surface area contributed by atoms with Crippen LogP contribution in [0, 0.1) is 0 Å². The third-order valence-corrected chi connectivity index (χ3v) is 7.22. The van der Waals surface area contributed by atoms with Gasteiger partial charge in [-0.1, -0.05) is 42.5 Å². The van der Waals surface area contributed by atoms with Crippen LogP contribution in [0.3, 0.4) is 0 Å². The summed E-state index contributed by atoms with van der Waals surface area (Å²) < 4.78 is 26.6. The van der Waals surface area contributed by atoms with Crippen molar-refractivity contribution < 1.29 is 18.0 Å². The Morgan fingerprint density at radius 2 is 1.61 bits per heavy atom. The van der Waals surface area contributed by atoms with Crippen molar-refractivity contribution in [2.24, 2.45) is 0 Å². The van der Waals surface area contributed by atoms with E-state index in [2.05, 4.69) is 0 Å². The first-order valence-electron chi connectivity index (χ1n) is 9.94. The van der Waals surface area contributed by atoms with E-state index in [0.717, 1.165) is 5.56 Å². The maximum atomic E-state index is 13.3. The molecule has 0 unspecified atom stereocenters. The molecule has 0 spiro atoms. The number of carbonyl (C=O) groups excluding carboxylic acids is 2. The molecule has 3 aromatic carbocycles. The molecule has 2 amide bonds. The first-order valence-corrected chi connectivity index (χ1v) is 11.4. The fraction of sp³-hybridized carbons (Fsp3) is 0.167. The Labute approximate surface area is 181 Å². The quantitative estimate of drug-likeness (QED) is 0.626. The number of sulfone groups is 1. The minimum atomic E-state index is -3.91. The smallest absolute Gasteiger partial charge is 0.259 e. The van der Waals surface area contributed by atoms with Crippen LogP contribution in [0.25, 0.3) is 0 Å². The van der Waals surface area contributed by atoms with Crippen molar-refractivity contribution in [3.8, 4) is 0 Å². The predicted octanol–water partition coefficient (Wildman–Crippen LogP) is 3.77. The normalized spacial score (nSPS) is 14.4. The van der Waals surface area contributed by atoms with Gasteiger partial charge in [0.05, 0.1) is 21.0 Å². The minimum absolute atomic E-state index is 0.0162. The van der Waals surface area contributed by atoms with E-state index in [1.165, 1.54) is 35.2 Å². The van der Waals surface area contributed by atoms with E-state index in [4.69, 9.17) is 0 Å². The first kappa shape index (κ1) is 20.8. The number of rotatable bonds is 4. The topological polar surface area (TPSA) is 74.8 Å². The van der Waals surface area contributed by atoms with Gasteiger partial charge in [0.15, 0.2) is 0 Å². The van der Waals surface area contributed by atoms with Crippen LogP contribution in [0.4, 0.5) is 5.69 Å². The summed E-state index contributed by atoms with van der Waals surface area (Å²) in [5, 5.41) is 0. The molecule has 6 nitrogen and oxygen atoms in total. The van der Waals surface area contributed by atoms with Gasteiger partial charge in [0, 0.05) is 25.7 Å². The Bertz CT molecular complexity index is 1270. The third-order valence-electron chi connectivity index (χ3n) is 5.36. The van der Waals surface area contributed by atoms with Crippen LogP contribution in [-0.2, 0) is 16.4 Å². The molecule has 0 aliphatic carbocycles. The zero-order chi connectivity index (χ0) is 22.2. The number of carbonyl (C=O) groups is 2. The second-order valence-corrected chi connectivity index (χ2v) is 9.26. The fourth-order valence-electron chi connectivity index (χ4n) is 3.80. The molecule has 0 saturated heterocycles. The molecule has 0 radical (unpaired) electrons. The molecular weight excluding hydrogens is 412 g/mol. The first-order chi connectivity index (χ1) is 14.8. The van der Waals surface area contributed by atoms with Gasteiger partial charge in [-0.3, -0.25) is 9.59 Å². The van der Waals surface area contributed by atoms with Crippen molar-refractivity contribution >= 4 is 27.3 Å². The van der Waals surface area contributed by atoms with E-state index in [0.29, 0.717) is 12.1 Å². The molecule has 4 rings (SSSR count). The van der Waals surface area contributed by atoms with E-state index < -0.39 is 15.7 Å². The average molecular weight is 435 g/mol. The summed E-state index contributed by atoms with van der Waals surface area (Å²) in [6, 6.07) is 20.2. The summed E-state index contributed by atoms with van der Waals surface area (Å²) in [4.78, 5) is 29.2. The van der Waals surface area contributed by atoms with E-state index in [-0.39, 0.29) is 33.5 Å². The Hall–Kier alpha value is -3.45. The number of benzene rings is 3. The van der Waals surface area contributed by atoms with E-state index in [1.54, 1.807) is 31.0 Å². The van der Waals surface area contributed by atoms with Gasteiger partial charge in [0.25, 0.3) is 11.8 Å². The van der Waals surface area contributed by atoms with Gasteiger partial charge in [0.1, 0.15) is 0 Å². The van der Waals surface area contributed by atoms with Crippen molar-refractivity contribution in [1.29, 1.82) is 0 Å². The summed E-state index contributed by atoms with van der Waals surface area (Å²) in [7, 11) is -2.22. The molecule has 0 fully saturated rings. The van der Waals surface area contributed by atoms with Crippen LogP contribution in [0.2, 0.25) is 0 Å². The third kappa shape index (κ3) is 3.61. The van der Waals surface area contributed by atoms with Gasteiger partial charge in [-0.05, 0) is 42.8 Å². The molecule has 1 heterocycles. The highest BCUT2D eigenvalue weighted by atomic mass is 32.2. The average Bonchev–Trinajstić information content (AvgIpc) is 2.85.